The van der Waals surface area contributed by atoms with E-state index < -0.39 is 6.10 Å². The lowest BCUT2D eigenvalue weighted by molar-refractivity contribution is 0.0907. The zero-order valence-corrected chi connectivity index (χ0v) is 18.6. The van der Waals surface area contributed by atoms with Crippen molar-refractivity contribution < 1.29 is 20.1 Å². The van der Waals surface area contributed by atoms with Gasteiger partial charge >= 0.3 is 0 Å². The van der Waals surface area contributed by atoms with E-state index in [-0.39, 0.29) is 24.4 Å². The zero-order chi connectivity index (χ0) is 22.0. The summed E-state index contributed by atoms with van der Waals surface area (Å²) in [4.78, 5) is 4.57. The highest BCUT2D eigenvalue weighted by Gasteiger charge is 2.27. The van der Waals surface area contributed by atoms with E-state index in [1.807, 2.05) is 32.0 Å². The molecule has 3 N–H and O–H groups in total. The molecule has 1 aromatic heterocycles. The van der Waals surface area contributed by atoms with E-state index in [0.717, 1.165) is 74.4 Å². The molecular weight excluding hydrogens is 394 g/mol. The van der Waals surface area contributed by atoms with Gasteiger partial charge in [-0.25, -0.2) is 0 Å². The Labute approximate surface area is 184 Å². The lowest BCUT2D eigenvalue weighted by Gasteiger charge is -2.37. The number of hydrogen-bond acceptors (Lipinski definition) is 6. The fourth-order valence-corrected chi connectivity index (χ4v) is 4.81. The number of hydrogen-bond donors (Lipinski definition) is 3. The molecule has 7 heteroatoms. The molecule has 170 valence electrons. The number of piperazine rings is 1. The van der Waals surface area contributed by atoms with E-state index in [1.165, 1.54) is 4.57 Å². The molecule has 0 amide bonds. The van der Waals surface area contributed by atoms with Crippen molar-refractivity contribution in [3.8, 4) is 17.5 Å². The minimum Gasteiger partial charge on any atom is -0.494 e. The van der Waals surface area contributed by atoms with E-state index in [2.05, 4.69) is 15.9 Å². The van der Waals surface area contributed by atoms with E-state index in [9.17, 15) is 15.3 Å². The Morgan fingerprint density at radius 1 is 0.903 bits per heavy atom. The van der Waals surface area contributed by atoms with Crippen LogP contribution in [-0.4, -0.2) is 69.7 Å². The molecule has 7 nitrogen and oxygen atoms in total. The number of ether oxygens (including phenoxy) is 1. The van der Waals surface area contributed by atoms with Crippen molar-refractivity contribution in [1.82, 2.24) is 9.47 Å². The molecule has 2 aliphatic rings. The molecule has 0 saturated carbocycles. The first-order valence-corrected chi connectivity index (χ1v) is 11.5. The Kier molecular flexibility index (Phi) is 6.62. The maximum absolute atomic E-state index is 10.7. The standard InChI is InChI=1S/C24H35N3O4/c1-17(2)31-22-10-6-5-9-21(22)26-13-11-25(12-14-26)15-18(28)16-27-23(29)19-7-3-4-8-20(19)24(27)30/h5-6,9-10,17-18,28-30H,3-4,7-8,11-16H2,1-2H3. The molecule has 1 aliphatic heterocycles. The van der Waals surface area contributed by atoms with Gasteiger partial charge in [0.25, 0.3) is 0 Å². The molecule has 1 aromatic carbocycles. The van der Waals surface area contributed by atoms with Gasteiger partial charge in [0.05, 0.1) is 24.4 Å². The van der Waals surface area contributed by atoms with E-state index >= 15 is 0 Å². The van der Waals surface area contributed by atoms with Gasteiger partial charge in [-0.15, -0.1) is 0 Å². The molecule has 4 rings (SSSR count). The number of anilines is 1. The van der Waals surface area contributed by atoms with Gasteiger partial charge in [-0.3, -0.25) is 9.47 Å². The summed E-state index contributed by atoms with van der Waals surface area (Å²) in [6.07, 6.45) is 3.12. The number of nitrogens with zero attached hydrogens (tertiary/aromatic N) is 3. The zero-order valence-electron chi connectivity index (χ0n) is 18.6. The molecule has 1 saturated heterocycles. The average molecular weight is 430 g/mol. The number of aliphatic hydroxyl groups excluding tert-OH is 1. The summed E-state index contributed by atoms with van der Waals surface area (Å²) in [7, 11) is 0. The normalized spacial score (nSPS) is 18.3. The van der Waals surface area contributed by atoms with Gasteiger partial charge in [0, 0.05) is 43.9 Å². The van der Waals surface area contributed by atoms with Gasteiger partial charge < -0.3 is 25.0 Å². The maximum Gasteiger partial charge on any atom is 0.197 e. The molecule has 1 atom stereocenters. The molecule has 0 radical (unpaired) electrons. The molecule has 1 unspecified atom stereocenters. The van der Waals surface area contributed by atoms with E-state index in [0.29, 0.717) is 6.54 Å². The second-order valence-electron chi connectivity index (χ2n) is 9.00. The molecule has 2 heterocycles. The summed E-state index contributed by atoms with van der Waals surface area (Å²) in [6.45, 7) is 8.19. The van der Waals surface area contributed by atoms with Gasteiger partial charge in [-0.05, 0) is 51.7 Å². The predicted molar refractivity (Wildman–Crippen MR) is 121 cm³/mol. The van der Waals surface area contributed by atoms with Crippen LogP contribution in [0, 0.1) is 0 Å². The first-order valence-electron chi connectivity index (χ1n) is 11.5. The van der Waals surface area contributed by atoms with Crippen molar-refractivity contribution in [2.45, 2.75) is 58.3 Å². The first kappa shape index (κ1) is 21.8. The lowest BCUT2D eigenvalue weighted by Crippen LogP contribution is -2.49. The monoisotopic (exact) mass is 429 g/mol. The Hall–Kier alpha value is -2.38. The molecule has 0 bridgehead atoms. The number of β-amino-alcohol motifs (C(OH)–C–C–N with tert-alkyl or cyclic N) is 1. The minimum atomic E-state index is -0.659. The van der Waals surface area contributed by atoms with Gasteiger partial charge in [0.1, 0.15) is 5.75 Å². The smallest absolute Gasteiger partial charge is 0.197 e. The Morgan fingerprint density at radius 2 is 1.52 bits per heavy atom. The van der Waals surface area contributed by atoms with Crippen LogP contribution in [0.25, 0.3) is 0 Å². The summed E-state index contributed by atoms with van der Waals surface area (Å²) in [5.41, 5.74) is 2.82. The van der Waals surface area contributed by atoms with Crippen molar-refractivity contribution in [1.29, 1.82) is 0 Å². The third kappa shape index (κ3) is 4.77. The van der Waals surface area contributed by atoms with Crippen LogP contribution in [0.2, 0.25) is 0 Å². The Balaban J connectivity index is 1.33. The number of aliphatic hydroxyl groups is 1. The number of para-hydroxylation sites is 2. The Morgan fingerprint density at radius 3 is 2.13 bits per heavy atom. The predicted octanol–water partition coefficient (Wildman–Crippen LogP) is 2.75. The van der Waals surface area contributed by atoms with Crippen LogP contribution >= 0.6 is 0 Å². The van der Waals surface area contributed by atoms with Crippen molar-refractivity contribution in [2.75, 3.05) is 37.6 Å². The first-order chi connectivity index (χ1) is 14.9. The number of aromatic hydroxyl groups is 2. The van der Waals surface area contributed by atoms with Crippen LogP contribution in [0.1, 0.15) is 37.8 Å². The lowest BCUT2D eigenvalue weighted by atomic mass is 9.95. The molecule has 31 heavy (non-hydrogen) atoms. The molecule has 0 spiro atoms. The van der Waals surface area contributed by atoms with Crippen LogP contribution in [0.5, 0.6) is 17.5 Å². The van der Waals surface area contributed by atoms with Gasteiger partial charge in [0.15, 0.2) is 11.8 Å². The van der Waals surface area contributed by atoms with Crippen molar-refractivity contribution >= 4 is 5.69 Å². The third-order valence-corrected chi connectivity index (χ3v) is 6.32. The van der Waals surface area contributed by atoms with Crippen LogP contribution < -0.4 is 9.64 Å². The van der Waals surface area contributed by atoms with E-state index in [1.54, 1.807) is 0 Å². The SMILES string of the molecule is CC(C)Oc1ccccc1N1CCN(CC(O)Cn2c(O)c3c(c2O)CCCC3)CC1. The van der Waals surface area contributed by atoms with Crippen LogP contribution in [-0.2, 0) is 19.4 Å². The van der Waals surface area contributed by atoms with Crippen molar-refractivity contribution in [3.05, 3.63) is 35.4 Å². The Bertz CT molecular complexity index is 858. The fraction of sp³-hybridized carbons (Fsp3) is 0.583. The van der Waals surface area contributed by atoms with Gasteiger partial charge in [-0.1, -0.05) is 12.1 Å². The fourth-order valence-electron chi connectivity index (χ4n) is 4.81. The summed E-state index contributed by atoms with van der Waals surface area (Å²) in [5, 5.41) is 31.7. The largest absolute Gasteiger partial charge is 0.494 e. The molecule has 1 fully saturated rings. The summed E-state index contributed by atoms with van der Waals surface area (Å²) in [6, 6.07) is 8.15. The summed E-state index contributed by atoms with van der Waals surface area (Å²) in [5.74, 6) is 1.16. The topological polar surface area (TPSA) is 81.3 Å². The van der Waals surface area contributed by atoms with Gasteiger partial charge in [-0.2, -0.15) is 0 Å². The highest BCUT2D eigenvalue weighted by molar-refractivity contribution is 5.58. The maximum atomic E-state index is 10.7. The molecular formula is C24H35N3O4. The van der Waals surface area contributed by atoms with Crippen LogP contribution in [0.3, 0.4) is 0 Å². The summed E-state index contributed by atoms with van der Waals surface area (Å²) >= 11 is 0. The second kappa shape index (κ2) is 9.40. The third-order valence-electron chi connectivity index (χ3n) is 6.32. The number of rotatable bonds is 7. The van der Waals surface area contributed by atoms with Crippen molar-refractivity contribution in [3.63, 3.8) is 0 Å². The highest BCUT2D eigenvalue weighted by Crippen LogP contribution is 2.38. The number of aromatic nitrogens is 1. The van der Waals surface area contributed by atoms with Crippen molar-refractivity contribution in [2.24, 2.45) is 0 Å². The van der Waals surface area contributed by atoms with Crippen LogP contribution in [0.4, 0.5) is 5.69 Å². The molecule has 1 aliphatic carbocycles. The summed E-state index contributed by atoms with van der Waals surface area (Å²) < 4.78 is 7.45. The minimum absolute atomic E-state index is 0.123. The highest BCUT2D eigenvalue weighted by atomic mass is 16.5. The molecule has 2 aromatic rings. The average Bonchev–Trinajstić information content (AvgIpc) is 2.99. The number of benzene rings is 1. The van der Waals surface area contributed by atoms with E-state index in [4.69, 9.17) is 4.74 Å². The second-order valence-corrected chi connectivity index (χ2v) is 9.00. The van der Waals surface area contributed by atoms with Crippen LogP contribution in [0.15, 0.2) is 24.3 Å². The number of fused-ring (bicyclic) bond motifs is 1. The quantitative estimate of drug-likeness (QED) is 0.628. The van der Waals surface area contributed by atoms with Gasteiger partial charge in [0.2, 0.25) is 0 Å².